The highest BCUT2D eigenvalue weighted by atomic mass is 16.6. The molecule has 33 heavy (non-hydrogen) atoms. The van der Waals surface area contributed by atoms with Crippen LogP contribution in [0.25, 0.3) is 11.2 Å². The Hall–Kier alpha value is -2.93. The molecule has 10 heteroatoms. The van der Waals surface area contributed by atoms with Crippen LogP contribution >= 0.6 is 0 Å². The van der Waals surface area contributed by atoms with Crippen LogP contribution in [0.2, 0.25) is 0 Å². The number of carbonyl (C=O) groups excluding carboxylic acids is 1. The summed E-state index contributed by atoms with van der Waals surface area (Å²) < 4.78 is 7.42. The van der Waals surface area contributed by atoms with E-state index in [1.165, 1.54) is 0 Å². The molecule has 0 bridgehead atoms. The summed E-state index contributed by atoms with van der Waals surface area (Å²) in [5.41, 5.74) is 3.40. The number of nitriles is 1. The standard InChI is InChI=1S/C23H36N8O2/c1-22(2,3)29(7)12-13-30-15-25-18-19(30)26-17(14-24)27-20(18)31(16-10-8-9-11-16)28-21(32)33-23(4,5)6/h15-16H,8-13H2,1-7H3,(H,28,32). The topological polar surface area (TPSA) is 112 Å². The molecule has 1 fully saturated rings. The van der Waals surface area contributed by atoms with Crippen LogP contribution in [-0.2, 0) is 11.3 Å². The van der Waals surface area contributed by atoms with Crippen molar-refractivity contribution in [2.75, 3.05) is 18.6 Å². The molecule has 0 unspecified atom stereocenters. The molecular formula is C23H36N8O2. The second kappa shape index (κ2) is 9.51. The van der Waals surface area contributed by atoms with Gasteiger partial charge in [0.15, 0.2) is 17.0 Å². The quantitative estimate of drug-likeness (QED) is 0.656. The molecule has 0 saturated heterocycles. The lowest BCUT2D eigenvalue weighted by molar-refractivity contribution is 0.0514. The van der Waals surface area contributed by atoms with E-state index < -0.39 is 11.7 Å². The Kier molecular flexibility index (Phi) is 7.12. The maximum absolute atomic E-state index is 12.7. The first-order chi connectivity index (χ1) is 15.4. The van der Waals surface area contributed by atoms with Crippen molar-refractivity contribution in [2.24, 2.45) is 0 Å². The van der Waals surface area contributed by atoms with Crippen molar-refractivity contribution in [1.82, 2.24) is 29.8 Å². The number of aromatic nitrogens is 4. The molecule has 2 aromatic heterocycles. The molecule has 1 saturated carbocycles. The zero-order chi connectivity index (χ0) is 24.4. The van der Waals surface area contributed by atoms with Crippen molar-refractivity contribution >= 4 is 23.1 Å². The summed E-state index contributed by atoms with van der Waals surface area (Å²) in [6, 6.07) is 2.10. The van der Waals surface area contributed by atoms with Crippen LogP contribution in [-0.4, -0.2) is 61.3 Å². The number of carbonyl (C=O) groups is 1. The Bertz CT molecular complexity index is 1020. The van der Waals surface area contributed by atoms with Crippen molar-refractivity contribution < 1.29 is 9.53 Å². The van der Waals surface area contributed by atoms with E-state index in [-0.39, 0.29) is 17.4 Å². The van der Waals surface area contributed by atoms with Gasteiger partial charge in [-0.2, -0.15) is 15.2 Å². The highest BCUT2D eigenvalue weighted by Crippen LogP contribution is 2.30. The molecule has 180 valence electrons. The molecule has 1 amide bonds. The van der Waals surface area contributed by atoms with Gasteiger partial charge in [0.2, 0.25) is 5.82 Å². The Labute approximate surface area is 195 Å². The number of anilines is 1. The first-order valence-electron chi connectivity index (χ1n) is 11.5. The van der Waals surface area contributed by atoms with Gasteiger partial charge in [0, 0.05) is 18.6 Å². The lowest BCUT2D eigenvalue weighted by Gasteiger charge is -2.32. The summed E-state index contributed by atoms with van der Waals surface area (Å²) in [7, 11) is 2.08. The number of ether oxygens (including phenoxy) is 1. The second-order valence-corrected chi connectivity index (χ2v) is 10.6. The van der Waals surface area contributed by atoms with Crippen molar-refractivity contribution in [3.8, 4) is 6.07 Å². The van der Waals surface area contributed by atoms with Gasteiger partial charge in [0.25, 0.3) is 0 Å². The third kappa shape index (κ3) is 6.11. The molecule has 0 aromatic carbocycles. The Morgan fingerprint density at radius 1 is 1.24 bits per heavy atom. The van der Waals surface area contributed by atoms with Gasteiger partial charge in [-0.3, -0.25) is 9.91 Å². The monoisotopic (exact) mass is 456 g/mol. The molecule has 3 rings (SSSR count). The van der Waals surface area contributed by atoms with Gasteiger partial charge in [-0.15, -0.1) is 0 Å². The van der Waals surface area contributed by atoms with Crippen LogP contribution in [0.15, 0.2) is 6.33 Å². The third-order valence-electron chi connectivity index (χ3n) is 5.90. The largest absolute Gasteiger partial charge is 0.443 e. The smallest absolute Gasteiger partial charge is 0.426 e. The maximum atomic E-state index is 12.7. The average Bonchev–Trinajstić information content (AvgIpc) is 3.37. The second-order valence-electron chi connectivity index (χ2n) is 10.6. The van der Waals surface area contributed by atoms with Crippen molar-refractivity contribution in [3.63, 3.8) is 0 Å². The fourth-order valence-electron chi connectivity index (χ4n) is 3.78. The molecule has 1 aliphatic rings. The number of amides is 1. The number of rotatable bonds is 6. The van der Waals surface area contributed by atoms with Crippen molar-refractivity contribution in [2.45, 2.75) is 91.0 Å². The number of imidazole rings is 1. The summed E-state index contributed by atoms with van der Waals surface area (Å²) >= 11 is 0. The third-order valence-corrected chi connectivity index (χ3v) is 5.90. The minimum atomic E-state index is -0.634. The highest BCUT2D eigenvalue weighted by molar-refractivity contribution is 5.85. The van der Waals surface area contributed by atoms with Crippen LogP contribution in [0.5, 0.6) is 0 Å². The van der Waals surface area contributed by atoms with Crippen LogP contribution < -0.4 is 10.4 Å². The van der Waals surface area contributed by atoms with Crippen LogP contribution in [0.1, 0.15) is 73.1 Å². The molecule has 0 atom stereocenters. The zero-order valence-corrected chi connectivity index (χ0v) is 20.8. The van der Waals surface area contributed by atoms with Crippen molar-refractivity contribution in [1.29, 1.82) is 5.26 Å². The van der Waals surface area contributed by atoms with Crippen LogP contribution in [0.3, 0.4) is 0 Å². The van der Waals surface area contributed by atoms with E-state index in [0.29, 0.717) is 23.5 Å². The lowest BCUT2D eigenvalue weighted by atomic mass is 10.1. The van der Waals surface area contributed by atoms with E-state index in [1.807, 2.05) is 25.3 Å². The minimum Gasteiger partial charge on any atom is -0.443 e. The maximum Gasteiger partial charge on any atom is 0.426 e. The summed E-state index contributed by atoms with van der Waals surface area (Å²) in [6.07, 6.45) is 5.08. The Morgan fingerprint density at radius 3 is 2.48 bits per heavy atom. The van der Waals surface area contributed by atoms with Crippen LogP contribution in [0, 0.1) is 11.3 Å². The van der Waals surface area contributed by atoms with Gasteiger partial charge in [-0.25, -0.2) is 15.2 Å². The van der Waals surface area contributed by atoms with E-state index in [0.717, 1.165) is 32.2 Å². The number of hydrazine groups is 1. The summed E-state index contributed by atoms with van der Waals surface area (Å²) in [4.78, 5) is 28.4. The molecule has 1 N–H and O–H groups in total. The summed E-state index contributed by atoms with van der Waals surface area (Å²) in [5, 5.41) is 11.3. The predicted octanol–water partition coefficient (Wildman–Crippen LogP) is 3.62. The molecule has 2 heterocycles. The van der Waals surface area contributed by atoms with E-state index in [4.69, 9.17) is 4.74 Å². The fraction of sp³-hybridized carbons (Fsp3) is 0.696. The van der Waals surface area contributed by atoms with Gasteiger partial charge in [-0.1, -0.05) is 12.8 Å². The van der Waals surface area contributed by atoms with E-state index in [1.54, 1.807) is 11.3 Å². The zero-order valence-electron chi connectivity index (χ0n) is 20.8. The lowest BCUT2D eigenvalue weighted by Crippen LogP contribution is -2.50. The molecule has 0 spiro atoms. The minimum absolute atomic E-state index is 0.0327. The van der Waals surface area contributed by atoms with Gasteiger partial charge >= 0.3 is 6.09 Å². The van der Waals surface area contributed by atoms with Crippen LogP contribution in [0.4, 0.5) is 10.6 Å². The van der Waals surface area contributed by atoms with Gasteiger partial charge in [0.05, 0.1) is 12.4 Å². The number of likely N-dealkylation sites (N-methyl/N-ethyl adjacent to an activating group) is 1. The average molecular weight is 457 g/mol. The van der Waals surface area contributed by atoms with Crippen molar-refractivity contribution in [3.05, 3.63) is 12.2 Å². The molecular weight excluding hydrogens is 420 g/mol. The fourth-order valence-corrected chi connectivity index (χ4v) is 3.78. The summed E-state index contributed by atoms with van der Waals surface area (Å²) in [5.74, 6) is 0.467. The van der Waals surface area contributed by atoms with E-state index >= 15 is 0 Å². The number of nitrogens with one attached hydrogen (secondary N) is 1. The first kappa shape index (κ1) is 24.7. The Balaban J connectivity index is 1.98. The molecule has 0 aliphatic heterocycles. The SMILES string of the molecule is CN(CCn1cnc2c(N(NC(=O)OC(C)(C)C)C3CCCC3)nc(C#N)nc21)C(C)(C)C. The number of nitrogens with zero attached hydrogens (tertiary/aromatic N) is 7. The van der Waals surface area contributed by atoms with Gasteiger partial charge in [-0.05, 0) is 61.4 Å². The molecule has 1 aliphatic carbocycles. The van der Waals surface area contributed by atoms with E-state index in [2.05, 4.69) is 59.2 Å². The number of fused-ring (bicyclic) bond motifs is 1. The van der Waals surface area contributed by atoms with Gasteiger partial charge in [0.1, 0.15) is 11.7 Å². The molecule has 0 radical (unpaired) electrons. The first-order valence-corrected chi connectivity index (χ1v) is 11.5. The number of hydrogen-bond donors (Lipinski definition) is 1. The Morgan fingerprint density at radius 2 is 1.91 bits per heavy atom. The molecule has 2 aromatic rings. The summed E-state index contributed by atoms with van der Waals surface area (Å²) in [6.45, 7) is 13.4. The predicted molar refractivity (Wildman–Crippen MR) is 127 cm³/mol. The molecule has 10 nitrogen and oxygen atoms in total. The highest BCUT2D eigenvalue weighted by Gasteiger charge is 2.30. The number of hydrogen-bond acceptors (Lipinski definition) is 8. The van der Waals surface area contributed by atoms with Gasteiger partial charge < -0.3 is 9.30 Å². The normalized spacial score (nSPS) is 15.1. The van der Waals surface area contributed by atoms with E-state index in [9.17, 15) is 10.1 Å².